The first-order valence-corrected chi connectivity index (χ1v) is 10.3. The van der Waals surface area contributed by atoms with Crippen molar-refractivity contribution in [3.05, 3.63) is 12.2 Å². The van der Waals surface area contributed by atoms with E-state index in [0.717, 1.165) is 32.1 Å². The normalized spacial score (nSPS) is 56.8. The van der Waals surface area contributed by atoms with Gasteiger partial charge in [-0.05, 0) is 55.8 Å². The topological polar surface area (TPSA) is 63.6 Å². The summed E-state index contributed by atoms with van der Waals surface area (Å²) in [6, 6.07) is 0. The Bertz CT molecular complexity index is 713. The van der Waals surface area contributed by atoms with Gasteiger partial charge in [0.15, 0.2) is 0 Å². The number of aliphatic hydroxyl groups is 1. The minimum absolute atomic E-state index is 0.139. The maximum absolute atomic E-state index is 12.8. The van der Waals surface area contributed by atoms with Crippen molar-refractivity contribution in [2.45, 2.75) is 71.0 Å². The van der Waals surface area contributed by atoms with E-state index in [2.05, 4.69) is 19.9 Å². The number of esters is 1. The Labute approximate surface area is 155 Å². The minimum atomic E-state index is -0.911. The molecule has 9 atom stereocenters. The molecule has 4 fully saturated rings. The Morgan fingerprint density at radius 3 is 2.77 bits per heavy atom. The summed E-state index contributed by atoms with van der Waals surface area (Å²) < 4.78 is 5.43. The van der Waals surface area contributed by atoms with Gasteiger partial charge >= 0.3 is 5.97 Å². The van der Waals surface area contributed by atoms with Crippen LogP contribution in [0.15, 0.2) is 12.2 Å². The Hall–Kier alpha value is -1.16. The molecule has 0 saturated heterocycles. The summed E-state index contributed by atoms with van der Waals surface area (Å²) in [5.41, 5.74) is -1.24. The van der Waals surface area contributed by atoms with Gasteiger partial charge in [0.1, 0.15) is 11.9 Å². The Balaban J connectivity index is 1.49. The molecule has 0 aromatic carbocycles. The second-order valence-corrected chi connectivity index (χ2v) is 10.2. The van der Waals surface area contributed by atoms with Gasteiger partial charge < -0.3 is 9.84 Å². The fourth-order valence-corrected chi connectivity index (χ4v) is 7.60. The highest BCUT2D eigenvalue weighted by molar-refractivity contribution is 5.92. The zero-order chi connectivity index (χ0) is 18.5. The number of hydrogen-bond donors (Lipinski definition) is 1. The largest absolute Gasteiger partial charge is 0.462 e. The molecule has 0 heterocycles. The molecule has 26 heavy (non-hydrogen) atoms. The highest BCUT2D eigenvalue weighted by Crippen LogP contribution is 2.71. The molecular formula is C22H30O4. The van der Waals surface area contributed by atoms with Crippen LogP contribution in [0.25, 0.3) is 0 Å². The van der Waals surface area contributed by atoms with Gasteiger partial charge in [-0.25, -0.2) is 0 Å². The van der Waals surface area contributed by atoms with Gasteiger partial charge in [-0.3, -0.25) is 9.59 Å². The number of allylic oxidation sites excluding steroid dienone is 1. The highest BCUT2D eigenvalue weighted by atomic mass is 16.5. The van der Waals surface area contributed by atoms with Crippen molar-refractivity contribution in [2.75, 3.05) is 0 Å². The van der Waals surface area contributed by atoms with E-state index in [9.17, 15) is 14.7 Å². The average Bonchev–Trinajstić information content (AvgIpc) is 3.30. The summed E-state index contributed by atoms with van der Waals surface area (Å²) >= 11 is 0. The third-order valence-corrected chi connectivity index (χ3v) is 9.05. The number of rotatable bonds is 1. The van der Waals surface area contributed by atoms with Gasteiger partial charge in [0.25, 0.3) is 0 Å². The quantitative estimate of drug-likeness (QED) is 0.577. The Kier molecular flexibility index (Phi) is 3.27. The van der Waals surface area contributed by atoms with Crippen LogP contribution in [0.4, 0.5) is 0 Å². The van der Waals surface area contributed by atoms with Gasteiger partial charge in [0, 0.05) is 30.1 Å². The predicted octanol–water partition coefficient (Wildman–Crippen LogP) is 3.28. The van der Waals surface area contributed by atoms with Gasteiger partial charge in [-0.2, -0.15) is 0 Å². The van der Waals surface area contributed by atoms with Crippen LogP contribution >= 0.6 is 0 Å². The smallest absolute Gasteiger partial charge is 0.302 e. The number of carbonyl (C=O) groups is 2. The van der Waals surface area contributed by atoms with Crippen LogP contribution in [-0.2, 0) is 14.3 Å². The van der Waals surface area contributed by atoms with E-state index >= 15 is 0 Å². The lowest BCUT2D eigenvalue weighted by atomic mass is 9.45. The Morgan fingerprint density at radius 1 is 1.27 bits per heavy atom. The third kappa shape index (κ3) is 1.95. The fraction of sp³-hybridized carbons (Fsp3) is 0.818. The van der Waals surface area contributed by atoms with Crippen LogP contribution in [-0.4, -0.2) is 28.6 Å². The number of hydrogen-bond acceptors (Lipinski definition) is 4. The van der Waals surface area contributed by atoms with E-state index in [4.69, 9.17) is 4.74 Å². The molecule has 0 radical (unpaired) electrons. The van der Waals surface area contributed by atoms with Crippen molar-refractivity contribution in [1.82, 2.24) is 0 Å². The lowest BCUT2D eigenvalue weighted by Gasteiger charge is -2.61. The molecule has 0 spiro atoms. The molecule has 0 amide bonds. The molecule has 0 aliphatic heterocycles. The summed E-state index contributed by atoms with van der Waals surface area (Å²) in [6.45, 7) is 5.88. The summed E-state index contributed by atoms with van der Waals surface area (Å²) in [6.07, 6.45) is 9.32. The van der Waals surface area contributed by atoms with Crippen molar-refractivity contribution in [1.29, 1.82) is 0 Å². The molecule has 0 aromatic rings. The zero-order valence-corrected chi connectivity index (χ0v) is 16.0. The van der Waals surface area contributed by atoms with E-state index in [0.29, 0.717) is 41.8 Å². The predicted molar refractivity (Wildman–Crippen MR) is 96.0 cm³/mol. The molecule has 0 bridgehead atoms. The first kappa shape index (κ1) is 17.0. The summed E-state index contributed by atoms with van der Waals surface area (Å²) in [4.78, 5) is 24.2. The molecule has 0 aromatic heterocycles. The molecule has 4 heteroatoms. The molecule has 5 rings (SSSR count). The first-order chi connectivity index (χ1) is 12.2. The molecule has 4 saturated carbocycles. The van der Waals surface area contributed by atoms with Crippen molar-refractivity contribution in [3.63, 3.8) is 0 Å². The van der Waals surface area contributed by atoms with E-state index in [-0.39, 0.29) is 22.9 Å². The van der Waals surface area contributed by atoms with Crippen LogP contribution in [0.3, 0.4) is 0 Å². The lowest BCUT2D eigenvalue weighted by Crippen LogP contribution is -2.61. The maximum atomic E-state index is 12.8. The van der Waals surface area contributed by atoms with Crippen LogP contribution in [0.5, 0.6) is 0 Å². The average molecular weight is 358 g/mol. The van der Waals surface area contributed by atoms with Crippen molar-refractivity contribution in [3.8, 4) is 0 Å². The second-order valence-electron chi connectivity index (χ2n) is 10.2. The second kappa shape index (κ2) is 5.01. The maximum Gasteiger partial charge on any atom is 0.302 e. The van der Waals surface area contributed by atoms with Gasteiger partial charge in [0.05, 0.1) is 5.60 Å². The Morgan fingerprint density at radius 2 is 2.04 bits per heavy atom. The molecule has 1 N–H and O–H groups in total. The van der Waals surface area contributed by atoms with Gasteiger partial charge in [0.2, 0.25) is 0 Å². The summed E-state index contributed by atoms with van der Waals surface area (Å²) in [5.74, 6) is 2.44. The molecule has 5 aliphatic rings. The minimum Gasteiger partial charge on any atom is -0.462 e. The van der Waals surface area contributed by atoms with E-state index < -0.39 is 5.60 Å². The molecule has 142 valence electrons. The standard InChI is InChI=1S/C22H30O4/c1-12(23)26-13-4-8-21(3)17-6-7-20(2)18(15-10-16(15)19(20)24)14(17)5-9-22(21,25)11-13/h5,9,13-18,25H,4,6-8,10-11H2,1-3H3/t13-,14+,15+,16-,17-,18+,20-,21+,22-/m0/s1. The summed E-state index contributed by atoms with van der Waals surface area (Å²) in [5, 5.41) is 11.6. The number of fused-ring (bicyclic) bond motifs is 7. The van der Waals surface area contributed by atoms with E-state index in [1.165, 1.54) is 6.92 Å². The fourth-order valence-electron chi connectivity index (χ4n) is 7.60. The number of carbonyl (C=O) groups excluding carboxylic acids is 2. The molecule has 5 aliphatic carbocycles. The van der Waals surface area contributed by atoms with E-state index in [1.54, 1.807) is 0 Å². The number of ether oxygens (including phenoxy) is 1. The van der Waals surface area contributed by atoms with Crippen molar-refractivity contribution in [2.24, 2.45) is 40.4 Å². The number of Topliss-reactive ketones (excluding diaryl/α,β-unsaturated/α-hetero) is 1. The number of ketones is 1. The summed E-state index contributed by atoms with van der Waals surface area (Å²) in [7, 11) is 0. The highest BCUT2D eigenvalue weighted by Gasteiger charge is 2.71. The first-order valence-electron chi connectivity index (χ1n) is 10.3. The molecule has 0 unspecified atom stereocenters. The van der Waals surface area contributed by atoms with Crippen molar-refractivity contribution < 1.29 is 19.4 Å². The van der Waals surface area contributed by atoms with Crippen LogP contribution in [0.1, 0.15) is 59.3 Å². The van der Waals surface area contributed by atoms with Crippen LogP contribution < -0.4 is 0 Å². The van der Waals surface area contributed by atoms with Gasteiger partial charge in [-0.1, -0.05) is 26.0 Å². The zero-order valence-electron chi connectivity index (χ0n) is 16.0. The molecule has 4 nitrogen and oxygen atoms in total. The van der Waals surface area contributed by atoms with Crippen LogP contribution in [0.2, 0.25) is 0 Å². The monoisotopic (exact) mass is 358 g/mol. The molecular weight excluding hydrogens is 328 g/mol. The lowest BCUT2D eigenvalue weighted by molar-refractivity contribution is -0.181. The van der Waals surface area contributed by atoms with Crippen LogP contribution in [0, 0.1) is 40.4 Å². The van der Waals surface area contributed by atoms with Gasteiger partial charge in [-0.15, -0.1) is 0 Å². The van der Waals surface area contributed by atoms with Crippen molar-refractivity contribution >= 4 is 11.8 Å². The van der Waals surface area contributed by atoms with E-state index in [1.807, 2.05) is 6.08 Å². The third-order valence-electron chi connectivity index (χ3n) is 9.05. The SMILES string of the molecule is CC(=O)O[C@H]1CC[C@]2(C)[C@H]3CC[C@]4(C)C(=O)[C@H]5C[C@H]5[C@H]4[C@@H]3C=C[C@]2(O)C1.